The Morgan fingerprint density at radius 2 is 1.75 bits per heavy atom. The molecule has 0 aliphatic heterocycles. The summed E-state index contributed by atoms with van der Waals surface area (Å²) in [5, 5.41) is 14.6. The minimum absolute atomic E-state index is 0.0827. The maximum absolute atomic E-state index is 13.3. The first-order valence-electron chi connectivity index (χ1n) is 12.7. The maximum Gasteiger partial charge on any atom is 0.407 e. The summed E-state index contributed by atoms with van der Waals surface area (Å²) in [6, 6.07) is 9.65. The van der Waals surface area contributed by atoms with Crippen molar-refractivity contribution in [2.24, 2.45) is 11.8 Å². The highest BCUT2D eigenvalue weighted by Gasteiger charge is 2.31. The zero-order valence-corrected chi connectivity index (χ0v) is 22.6. The number of amides is 2. The second-order valence-electron chi connectivity index (χ2n) is 10.9. The number of rotatable bonds is 6. The summed E-state index contributed by atoms with van der Waals surface area (Å²) in [6.45, 7) is 11.0. The molecule has 1 aromatic carbocycles. The number of carbonyl (C=O) groups excluding carboxylic acids is 1. The van der Waals surface area contributed by atoms with E-state index in [-0.39, 0.29) is 5.91 Å². The van der Waals surface area contributed by atoms with Gasteiger partial charge in [0.1, 0.15) is 0 Å². The van der Waals surface area contributed by atoms with Crippen LogP contribution in [0, 0.1) is 25.7 Å². The number of para-hydroxylation sites is 1. The van der Waals surface area contributed by atoms with Gasteiger partial charge < -0.3 is 15.3 Å². The Balaban J connectivity index is 1.42. The minimum Gasteiger partial charge on any atom is -0.465 e. The molecular formula is C28H36N4O3S. The predicted octanol–water partition coefficient (Wildman–Crippen LogP) is 6.29. The number of carboxylic acid groups (broad SMARTS) is 1. The third-order valence-electron chi connectivity index (χ3n) is 7.10. The minimum atomic E-state index is -0.857. The van der Waals surface area contributed by atoms with E-state index in [2.05, 4.69) is 10.3 Å². The van der Waals surface area contributed by atoms with Crippen molar-refractivity contribution in [3.05, 3.63) is 46.6 Å². The van der Waals surface area contributed by atoms with Gasteiger partial charge in [-0.2, -0.15) is 0 Å². The van der Waals surface area contributed by atoms with Gasteiger partial charge in [0.2, 0.25) is 0 Å². The van der Waals surface area contributed by atoms with Crippen LogP contribution in [0.4, 0.5) is 4.79 Å². The fourth-order valence-electron chi connectivity index (χ4n) is 5.10. The third kappa shape index (κ3) is 5.86. The fourth-order valence-corrected chi connectivity index (χ4v) is 5.98. The number of fused-ring (bicyclic) bond motifs is 1. The van der Waals surface area contributed by atoms with E-state index in [9.17, 15) is 14.7 Å². The highest BCUT2D eigenvalue weighted by molar-refractivity contribution is 7.15. The highest BCUT2D eigenvalue weighted by Crippen LogP contribution is 2.33. The number of thiazole rings is 1. The Morgan fingerprint density at radius 1 is 1.08 bits per heavy atom. The second kappa shape index (κ2) is 10.5. The second-order valence-corrected chi connectivity index (χ2v) is 12.1. The van der Waals surface area contributed by atoms with Crippen LogP contribution in [0.5, 0.6) is 0 Å². The molecule has 7 nitrogen and oxygen atoms in total. The van der Waals surface area contributed by atoms with Gasteiger partial charge >= 0.3 is 6.09 Å². The molecule has 1 aliphatic rings. The van der Waals surface area contributed by atoms with Gasteiger partial charge in [-0.05, 0) is 84.3 Å². The van der Waals surface area contributed by atoms with Gasteiger partial charge in [-0.15, -0.1) is 11.3 Å². The topological polar surface area (TPSA) is 95.4 Å². The smallest absolute Gasteiger partial charge is 0.407 e. The molecular weight excluding hydrogens is 472 g/mol. The average Bonchev–Trinajstić information content (AvgIpc) is 3.17. The number of hydrogen-bond donors (Lipinski definition) is 2. The molecule has 0 bridgehead atoms. The van der Waals surface area contributed by atoms with Crippen molar-refractivity contribution in [2.75, 3.05) is 13.1 Å². The molecule has 0 saturated heterocycles. The molecule has 2 amide bonds. The predicted molar refractivity (Wildman–Crippen MR) is 145 cm³/mol. The van der Waals surface area contributed by atoms with Gasteiger partial charge in [-0.3, -0.25) is 4.79 Å². The summed E-state index contributed by atoms with van der Waals surface area (Å²) in [5.74, 6) is 0.683. The molecule has 8 heteroatoms. The first-order chi connectivity index (χ1) is 17.0. The van der Waals surface area contributed by atoms with Crippen LogP contribution in [0.25, 0.3) is 21.5 Å². The molecule has 0 spiro atoms. The lowest BCUT2D eigenvalue weighted by atomic mass is 9.81. The lowest BCUT2D eigenvalue weighted by Crippen LogP contribution is -2.47. The normalized spacial score (nSPS) is 18.2. The Bertz CT molecular complexity index is 1260. The summed E-state index contributed by atoms with van der Waals surface area (Å²) in [6.07, 6.45) is 3.08. The number of aryl methyl sites for hydroxylation is 2. The van der Waals surface area contributed by atoms with Crippen LogP contribution >= 0.6 is 11.3 Å². The highest BCUT2D eigenvalue weighted by atomic mass is 32.1. The first-order valence-corrected chi connectivity index (χ1v) is 13.5. The zero-order chi connectivity index (χ0) is 26.0. The van der Waals surface area contributed by atoms with Gasteiger partial charge in [0, 0.05) is 24.0 Å². The van der Waals surface area contributed by atoms with Crippen molar-refractivity contribution in [2.45, 2.75) is 65.8 Å². The van der Waals surface area contributed by atoms with Crippen molar-refractivity contribution >= 4 is 34.2 Å². The average molecular weight is 509 g/mol. The molecule has 192 valence electrons. The number of nitrogens with one attached hydrogen (secondary N) is 1. The lowest BCUT2D eigenvalue weighted by molar-refractivity contribution is 0.0786. The molecule has 1 fully saturated rings. The summed E-state index contributed by atoms with van der Waals surface area (Å²) in [5.41, 5.74) is 2.74. The van der Waals surface area contributed by atoms with Crippen molar-refractivity contribution in [3.8, 4) is 10.6 Å². The number of pyridine rings is 1. The van der Waals surface area contributed by atoms with E-state index < -0.39 is 11.6 Å². The van der Waals surface area contributed by atoms with Gasteiger partial charge in [0.05, 0.1) is 32.4 Å². The summed E-state index contributed by atoms with van der Waals surface area (Å²) in [7, 11) is 0. The van der Waals surface area contributed by atoms with Crippen molar-refractivity contribution < 1.29 is 14.7 Å². The summed E-state index contributed by atoms with van der Waals surface area (Å²) in [4.78, 5) is 36.9. The van der Waals surface area contributed by atoms with E-state index in [4.69, 9.17) is 4.98 Å². The number of hydrogen-bond acceptors (Lipinski definition) is 5. The number of benzene rings is 1. The molecule has 3 aromatic rings. The first kappa shape index (κ1) is 26.1. The quantitative estimate of drug-likeness (QED) is 0.408. The van der Waals surface area contributed by atoms with Gasteiger partial charge in [0.15, 0.2) is 0 Å². The monoisotopic (exact) mass is 508 g/mol. The molecule has 36 heavy (non-hydrogen) atoms. The Hall–Kier alpha value is -3.00. The number of aromatic nitrogens is 2. The van der Waals surface area contributed by atoms with Crippen LogP contribution in [0.2, 0.25) is 0 Å². The van der Waals surface area contributed by atoms with Gasteiger partial charge in [-0.25, -0.2) is 14.8 Å². The number of carbonyl (C=O) groups is 2. The molecule has 1 saturated carbocycles. The summed E-state index contributed by atoms with van der Waals surface area (Å²) >= 11 is 1.59. The third-order valence-corrected chi connectivity index (χ3v) is 8.19. The zero-order valence-electron chi connectivity index (χ0n) is 21.8. The van der Waals surface area contributed by atoms with Crippen LogP contribution in [0.15, 0.2) is 30.3 Å². The molecule has 4 rings (SSSR count). The van der Waals surface area contributed by atoms with Crippen LogP contribution in [0.1, 0.15) is 67.5 Å². The van der Waals surface area contributed by atoms with E-state index in [1.54, 1.807) is 16.2 Å². The molecule has 0 atom stereocenters. The van der Waals surface area contributed by atoms with Crippen LogP contribution in [-0.2, 0) is 0 Å². The van der Waals surface area contributed by atoms with Crippen LogP contribution in [0.3, 0.4) is 0 Å². The van der Waals surface area contributed by atoms with Crippen molar-refractivity contribution in [1.82, 2.24) is 20.2 Å². The largest absolute Gasteiger partial charge is 0.465 e. The van der Waals surface area contributed by atoms with Crippen LogP contribution < -0.4 is 5.32 Å². The van der Waals surface area contributed by atoms with Crippen LogP contribution in [-0.4, -0.2) is 50.6 Å². The Morgan fingerprint density at radius 3 is 2.36 bits per heavy atom. The molecule has 2 heterocycles. The van der Waals surface area contributed by atoms with E-state index in [0.717, 1.165) is 57.9 Å². The Kier molecular flexibility index (Phi) is 7.64. The Labute approximate surface area is 217 Å². The summed E-state index contributed by atoms with van der Waals surface area (Å²) < 4.78 is 0. The lowest BCUT2D eigenvalue weighted by Gasteiger charge is -2.38. The fraction of sp³-hybridized carbons (Fsp3) is 0.500. The molecule has 2 N–H and O–H groups in total. The van der Waals surface area contributed by atoms with Gasteiger partial charge in [-0.1, -0.05) is 18.2 Å². The van der Waals surface area contributed by atoms with E-state index in [1.807, 2.05) is 65.0 Å². The van der Waals surface area contributed by atoms with Crippen molar-refractivity contribution in [1.29, 1.82) is 0 Å². The molecule has 0 unspecified atom stereocenters. The standard InChI is InChI=1S/C28H36N4O3S/c1-17-25(36-18(2)30-17)24-14-22(21-8-6-7-9-23(21)31-24)26(33)29-15-19-10-12-20(13-11-19)16-32(27(34)35)28(3,4)5/h6-9,14,19-20H,10-13,15-16H2,1-5H3,(H,29,33)(H,34,35)/t19-,20-. The number of nitrogens with zero attached hydrogens (tertiary/aromatic N) is 3. The molecule has 2 aromatic heterocycles. The SMILES string of the molecule is Cc1nc(C)c(-c2cc(C(=O)NC[C@H]3CC[C@H](CN(C(=O)O)C(C)(C)C)CC3)c3ccccc3n2)s1. The van der Waals surface area contributed by atoms with E-state index in [0.29, 0.717) is 30.5 Å². The van der Waals surface area contributed by atoms with Gasteiger partial charge in [0.25, 0.3) is 5.91 Å². The van der Waals surface area contributed by atoms with E-state index >= 15 is 0 Å². The molecule has 0 radical (unpaired) electrons. The molecule has 1 aliphatic carbocycles. The van der Waals surface area contributed by atoms with Crippen molar-refractivity contribution in [3.63, 3.8) is 0 Å². The maximum atomic E-state index is 13.3. The van der Waals surface area contributed by atoms with E-state index in [1.165, 1.54) is 0 Å².